The van der Waals surface area contributed by atoms with Crippen LogP contribution in [0.3, 0.4) is 0 Å². The molecule has 5 nitrogen and oxygen atoms in total. The maximum Gasteiger partial charge on any atom is 0.258 e. The number of carbonyl (C=O) groups is 1. The average molecular weight is 447 g/mol. The van der Waals surface area contributed by atoms with Crippen LogP contribution in [0.4, 0.5) is 11.5 Å². The van der Waals surface area contributed by atoms with E-state index in [1.807, 2.05) is 24.3 Å². The number of anilines is 2. The minimum absolute atomic E-state index is 0.198. The largest absolute Gasteiger partial charge is 0.372 e. The second-order valence-corrected chi connectivity index (χ2v) is 8.08. The summed E-state index contributed by atoms with van der Waals surface area (Å²) in [6.45, 7) is 0. The second kappa shape index (κ2) is 9.80. The van der Waals surface area contributed by atoms with Crippen molar-refractivity contribution in [1.82, 2.24) is 9.97 Å². The molecule has 2 aromatic heterocycles. The summed E-state index contributed by atoms with van der Waals surface area (Å²) in [5, 5.41) is 7.57. The van der Waals surface area contributed by atoms with Gasteiger partial charge in [-0.2, -0.15) is 0 Å². The Balaban J connectivity index is 0.000000299. The Morgan fingerprint density at radius 1 is 1.11 bits per heavy atom. The van der Waals surface area contributed by atoms with Gasteiger partial charge in [0.05, 0.1) is 17.4 Å². The molecule has 1 aliphatic carbocycles. The number of benzene rings is 1. The lowest BCUT2D eigenvalue weighted by molar-refractivity contribution is 0.102. The Bertz CT molecular complexity index is 896. The van der Waals surface area contributed by atoms with Crippen LogP contribution in [0, 0.1) is 0 Å². The number of aromatic nitrogens is 2. The number of halogens is 1. The van der Waals surface area contributed by atoms with Gasteiger partial charge < -0.3 is 10.6 Å². The first-order valence-corrected chi connectivity index (χ1v) is 10.8. The molecule has 4 rings (SSSR count). The summed E-state index contributed by atoms with van der Waals surface area (Å²) in [6, 6.07) is 7.47. The van der Waals surface area contributed by atoms with Gasteiger partial charge in [-0.25, -0.2) is 9.97 Å². The number of fused-ring (bicyclic) bond motifs is 1. The highest BCUT2D eigenvalue weighted by Crippen LogP contribution is 2.26. The van der Waals surface area contributed by atoms with Crippen molar-refractivity contribution < 1.29 is 4.79 Å². The zero-order chi connectivity index (χ0) is 19.1. The molecule has 3 aromatic rings. The molecule has 2 N–H and O–H groups in total. The second-order valence-electron chi connectivity index (χ2n) is 6.36. The Hall–Kier alpha value is -1.99. The van der Waals surface area contributed by atoms with Crippen LogP contribution in [0.2, 0.25) is 0 Å². The molecule has 1 aromatic carbocycles. The van der Waals surface area contributed by atoms with E-state index < -0.39 is 0 Å². The summed E-state index contributed by atoms with van der Waals surface area (Å²) in [7, 11) is 1.77. The molecule has 0 radical (unpaired) electrons. The van der Waals surface area contributed by atoms with E-state index in [1.54, 1.807) is 18.6 Å². The summed E-state index contributed by atoms with van der Waals surface area (Å²) in [5.74, 6) is 0.437. The first-order valence-electron chi connectivity index (χ1n) is 9.17. The molecule has 0 unspecified atom stereocenters. The van der Waals surface area contributed by atoms with Crippen molar-refractivity contribution in [2.75, 3.05) is 17.7 Å². The number of thiophene rings is 1. The number of hydrogen-bond donors (Lipinski definition) is 2. The van der Waals surface area contributed by atoms with Gasteiger partial charge in [0.1, 0.15) is 16.2 Å². The van der Waals surface area contributed by atoms with E-state index in [1.165, 1.54) is 49.9 Å². The van der Waals surface area contributed by atoms with E-state index in [4.69, 9.17) is 0 Å². The lowest BCUT2D eigenvalue weighted by Gasteiger charge is -2.06. The van der Waals surface area contributed by atoms with Gasteiger partial charge in [-0.05, 0) is 28.1 Å². The highest BCUT2D eigenvalue weighted by molar-refractivity contribution is 9.10. The normalized spacial score (nSPS) is 13.6. The molecule has 1 amide bonds. The van der Waals surface area contributed by atoms with E-state index in [0.29, 0.717) is 16.9 Å². The van der Waals surface area contributed by atoms with Gasteiger partial charge in [0, 0.05) is 16.9 Å². The fourth-order valence-corrected chi connectivity index (χ4v) is 4.12. The molecule has 1 aliphatic rings. The van der Waals surface area contributed by atoms with Crippen LogP contribution in [0.5, 0.6) is 0 Å². The topological polar surface area (TPSA) is 66.9 Å². The van der Waals surface area contributed by atoms with E-state index in [-0.39, 0.29) is 5.91 Å². The molecule has 142 valence electrons. The number of hydrogen-bond acceptors (Lipinski definition) is 5. The molecule has 2 heterocycles. The summed E-state index contributed by atoms with van der Waals surface area (Å²) in [5.41, 5.74) is 1.85. The molecule has 0 bridgehead atoms. The summed E-state index contributed by atoms with van der Waals surface area (Å²) in [6.07, 6.45) is 10.6. The Labute approximate surface area is 171 Å². The maximum atomic E-state index is 12.4. The maximum absolute atomic E-state index is 12.4. The molecular weight excluding hydrogens is 424 g/mol. The first-order chi connectivity index (χ1) is 13.2. The molecule has 1 fully saturated rings. The smallest absolute Gasteiger partial charge is 0.258 e. The van der Waals surface area contributed by atoms with Gasteiger partial charge in [-0.15, -0.1) is 11.3 Å². The number of rotatable bonds is 3. The van der Waals surface area contributed by atoms with Crippen LogP contribution in [0.25, 0.3) is 10.3 Å². The van der Waals surface area contributed by atoms with Crippen molar-refractivity contribution in [2.45, 2.75) is 38.5 Å². The van der Waals surface area contributed by atoms with Gasteiger partial charge in [0.15, 0.2) is 0 Å². The van der Waals surface area contributed by atoms with Crippen LogP contribution in [-0.4, -0.2) is 22.9 Å². The Morgan fingerprint density at radius 3 is 2.41 bits per heavy atom. The zero-order valence-electron chi connectivity index (χ0n) is 15.3. The van der Waals surface area contributed by atoms with Crippen LogP contribution in [0.1, 0.15) is 48.9 Å². The average Bonchev–Trinajstić information content (AvgIpc) is 3.14. The third kappa shape index (κ3) is 5.26. The standard InChI is InChI=1S/C14H11BrN4OS.C6H12/c1-16-11-6-17-14-12(19-11)8(7-21-14)13(20)18-10-5-3-2-4-9(10)15;1-2-4-6-5-3-1/h2-7H,1H3,(H,16,19)(H,18,20);1-6H2. The molecule has 0 saturated heterocycles. The van der Waals surface area contributed by atoms with E-state index >= 15 is 0 Å². The van der Waals surface area contributed by atoms with Crippen molar-refractivity contribution in [2.24, 2.45) is 0 Å². The number of amides is 1. The van der Waals surface area contributed by atoms with Crippen LogP contribution < -0.4 is 10.6 Å². The fourth-order valence-electron chi connectivity index (χ4n) is 2.90. The zero-order valence-corrected chi connectivity index (χ0v) is 17.7. The molecule has 27 heavy (non-hydrogen) atoms. The number of para-hydroxylation sites is 1. The van der Waals surface area contributed by atoms with Gasteiger partial charge in [0.2, 0.25) is 0 Å². The molecule has 0 spiro atoms. The lowest BCUT2D eigenvalue weighted by Crippen LogP contribution is -2.12. The summed E-state index contributed by atoms with van der Waals surface area (Å²) >= 11 is 4.81. The first kappa shape index (κ1) is 19.8. The summed E-state index contributed by atoms with van der Waals surface area (Å²) in [4.78, 5) is 21.9. The predicted octanol–water partition coefficient (Wildman–Crippen LogP) is 6.09. The van der Waals surface area contributed by atoms with E-state index in [9.17, 15) is 4.79 Å². The highest BCUT2D eigenvalue weighted by Gasteiger charge is 2.16. The SMILES string of the molecule is C1CCCCC1.CNc1cnc2scc(C(=O)Nc3ccccc3Br)c2n1. The minimum Gasteiger partial charge on any atom is -0.372 e. The third-order valence-electron chi connectivity index (χ3n) is 4.41. The number of nitrogens with one attached hydrogen (secondary N) is 2. The third-order valence-corrected chi connectivity index (χ3v) is 5.97. The molecule has 0 aliphatic heterocycles. The molecule has 7 heteroatoms. The van der Waals surface area contributed by atoms with Gasteiger partial charge in [-0.3, -0.25) is 4.79 Å². The monoisotopic (exact) mass is 446 g/mol. The van der Waals surface area contributed by atoms with Crippen molar-refractivity contribution in [3.05, 3.63) is 45.9 Å². The van der Waals surface area contributed by atoms with Crippen LogP contribution >= 0.6 is 27.3 Å². The number of nitrogens with zero attached hydrogens (tertiary/aromatic N) is 2. The van der Waals surface area contributed by atoms with Crippen molar-refractivity contribution in [3.63, 3.8) is 0 Å². The van der Waals surface area contributed by atoms with Gasteiger partial charge in [0.25, 0.3) is 5.91 Å². The predicted molar refractivity (Wildman–Crippen MR) is 117 cm³/mol. The van der Waals surface area contributed by atoms with Crippen molar-refractivity contribution in [3.8, 4) is 0 Å². The van der Waals surface area contributed by atoms with Crippen molar-refractivity contribution in [1.29, 1.82) is 0 Å². The quantitative estimate of drug-likeness (QED) is 0.510. The molecular formula is C20H23BrN4OS. The summed E-state index contributed by atoms with van der Waals surface area (Å²) < 4.78 is 0.833. The van der Waals surface area contributed by atoms with Crippen molar-refractivity contribution >= 4 is 55.0 Å². The van der Waals surface area contributed by atoms with E-state index in [2.05, 4.69) is 36.5 Å². The van der Waals surface area contributed by atoms with Crippen LogP contribution in [0.15, 0.2) is 40.3 Å². The molecule has 0 atom stereocenters. The molecule has 1 saturated carbocycles. The van der Waals surface area contributed by atoms with E-state index in [0.717, 1.165) is 15.0 Å². The number of carbonyl (C=O) groups excluding carboxylic acids is 1. The van der Waals surface area contributed by atoms with Gasteiger partial charge in [-0.1, -0.05) is 50.7 Å². The fraction of sp³-hybridized carbons (Fsp3) is 0.350. The van der Waals surface area contributed by atoms with Crippen LogP contribution in [-0.2, 0) is 0 Å². The minimum atomic E-state index is -0.198. The Kier molecular flexibility index (Phi) is 7.18. The lowest BCUT2D eigenvalue weighted by atomic mass is 10.0. The van der Waals surface area contributed by atoms with Gasteiger partial charge >= 0.3 is 0 Å². The highest BCUT2D eigenvalue weighted by atomic mass is 79.9. The Morgan fingerprint density at radius 2 is 1.78 bits per heavy atom.